The van der Waals surface area contributed by atoms with E-state index in [2.05, 4.69) is 15.5 Å². The molecule has 30 heavy (non-hydrogen) atoms. The zero-order valence-corrected chi connectivity index (χ0v) is 15.8. The molecule has 2 N–H and O–H groups in total. The van der Waals surface area contributed by atoms with E-state index in [0.717, 1.165) is 18.5 Å². The number of carbonyl (C=O) groups excluding carboxylic acids is 2. The fourth-order valence-electron chi connectivity index (χ4n) is 3.07. The fraction of sp³-hybridized carbons (Fsp3) is 0.300. The van der Waals surface area contributed by atoms with Gasteiger partial charge in [-0.2, -0.15) is 13.2 Å². The molecule has 0 spiro atoms. The maximum absolute atomic E-state index is 12.9. The Hall–Kier alpha value is -3.43. The van der Waals surface area contributed by atoms with Gasteiger partial charge in [-0.15, -0.1) is 0 Å². The smallest absolute Gasteiger partial charge is 0.343 e. The Bertz CT molecular complexity index is 1120. The third kappa shape index (κ3) is 4.27. The lowest BCUT2D eigenvalue weighted by Gasteiger charge is -2.10. The number of hydrogen-bond acceptors (Lipinski definition) is 5. The molecule has 2 amide bonds. The topological polar surface area (TPSA) is 97.1 Å². The van der Waals surface area contributed by atoms with E-state index >= 15 is 0 Å². The van der Waals surface area contributed by atoms with Gasteiger partial charge in [0.15, 0.2) is 0 Å². The van der Waals surface area contributed by atoms with Gasteiger partial charge >= 0.3 is 6.18 Å². The van der Waals surface area contributed by atoms with Crippen LogP contribution in [0, 0.1) is 6.92 Å². The van der Waals surface area contributed by atoms with Crippen molar-refractivity contribution in [2.45, 2.75) is 31.9 Å². The second-order valence-corrected chi connectivity index (χ2v) is 7.15. The van der Waals surface area contributed by atoms with Crippen LogP contribution in [0.15, 0.2) is 34.9 Å². The molecule has 1 aliphatic rings. The number of pyridine rings is 1. The Morgan fingerprint density at radius 1 is 1.17 bits per heavy atom. The Morgan fingerprint density at radius 3 is 2.50 bits per heavy atom. The maximum atomic E-state index is 12.9. The van der Waals surface area contributed by atoms with Crippen LogP contribution >= 0.6 is 0 Å². The summed E-state index contributed by atoms with van der Waals surface area (Å²) in [6.07, 6.45) is -2.48. The molecule has 0 radical (unpaired) electrons. The number of rotatable bonds is 5. The van der Waals surface area contributed by atoms with E-state index in [1.54, 1.807) is 18.3 Å². The number of fused-ring (bicyclic) bond motifs is 1. The molecule has 3 aromatic rings. The third-order valence-corrected chi connectivity index (χ3v) is 4.73. The third-order valence-electron chi connectivity index (χ3n) is 4.73. The number of carbonyl (C=O) groups is 2. The number of anilines is 1. The molecule has 4 rings (SSSR count). The van der Waals surface area contributed by atoms with Crippen LogP contribution in [0.1, 0.15) is 50.9 Å². The molecule has 1 fully saturated rings. The Kier molecular flexibility index (Phi) is 4.92. The highest BCUT2D eigenvalue weighted by atomic mass is 19.4. The van der Waals surface area contributed by atoms with Gasteiger partial charge in [0.25, 0.3) is 17.5 Å². The first-order chi connectivity index (χ1) is 14.2. The van der Waals surface area contributed by atoms with Gasteiger partial charge in [0.1, 0.15) is 6.54 Å². The van der Waals surface area contributed by atoms with E-state index in [1.165, 1.54) is 24.3 Å². The quantitative estimate of drug-likeness (QED) is 0.654. The van der Waals surface area contributed by atoms with Crippen LogP contribution < -0.4 is 10.6 Å². The van der Waals surface area contributed by atoms with Crippen LogP contribution in [-0.4, -0.2) is 34.7 Å². The minimum absolute atomic E-state index is 0.0504. The lowest BCUT2D eigenvalue weighted by Crippen LogP contribution is -2.33. The van der Waals surface area contributed by atoms with Gasteiger partial charge in [0.05, 0.1) is 16.6 Å². The molecule has 0 unspecified atom stereocenters. The molecule has 156 valence electrons. The average molecular weight is 418 g/mol. The molecule has 10 heteroatoms. The van der Waals surface area contributed by atoms with Gasteiger partial charge in [-0.1, -0.05) is 5.16 Å². The molecule has 1 saturated carbocycles. The number of aryl methyl sites for hydroxylation is 1. The van der Waals surface area contributed by atoms with E-state index in [1.807, 2.05) is 0 Å². The zero-order chi connectivity index (χ0) is 21.5. The van der Waals surface area contributed by atoms with Gasteiger partial charge in [-0.3, -0.25) is 9.59 Å². The monoisotopic (exact) mass is 418 g/mol. The van der Waals surface area contributed by atoms with Crippen molar-refractivity contribution in [1.29, 1.82) is 0 Å². The molecular formula is C20H17F3N4O3. The van der Waals surface area contributed by atoms with Crippen molar-refractivity contribution >= 4 is 28.6 Å². The molecule has 2 heterocycles. The highest BCUT2D eigenvalue weighted by molar-refractivity contribution is 6.12. The molecule has 0 aliphatic heterocycles. The van der Waals surface area contributed by atoms with E-state index in [9.17, 15) is 22.8 Å². The van der Waals surface area contributed by atoms with Crippen molar-refractivity contribution < 1.29 is 27.3 Å². The van der Waals surface area contributed by atoms with Crippen LogP contribution in [-0.2, 0) is 0 Å². The molecule has 2 aromatic heterocycles. The second-order valence-electron chi connectivity index (χ2n) is 7.15. The largest absolute Gasteiger partial charge is 0.405 e. The number of aromatic nitrogens is 2. The Balaban J connectivity index is 1.52. The first-order valence-corrected chi connectivity index (χ1v) is 9.24. The number of nitrogens with zero attached hydrogens (tertiary/aromatic N) is 2. The summed E-state index contributed by atoms with van der Waals surface area (Å²) in [4.78, 5) is 29.1. The van der Waals surface area contributed by atoms with E-state index < -0.39 is 24.5 Å². The molecule has 7 nitrogen and oxygen atoms in total. The van der Waals surface area contributed by atoms with Crippen molar-refractivity contribution in [3.8, 4) is 0 Å². The summed E-state index contributed by atoms with van der Waals surface area (Å²) in [6, 6.07) is 7.30. The van der Waals surface area contributed by atoms with E-state index in [0.29, 0.717) is 34.0 Å². The maximum Gasteiger partial charge on any atom is 0.405 e. The highest BCUT2D eigenvalue weighted by Gasteiger charge is 2.29. The zero-order valence-electron chi connectivity index (χ0n) is 15.8. The Labute approximate surface area is 168 Å². The second kappa shape index (κ2) is 7.43. The summed E-state index contributed by atoms with van der Waals surface area (Å²) in [6.45, 7) is 0.305. The molecule has 1 aromatic carbocycles. The Morgan fingerprint density at radius 2 is 1.87 bits per heavy atom. The van der Waals surface area contributed by atoms with Gasteiger partial charge in [0, 0.05) is 22.9 Å². The summed E-state index contributed by atoms with van der Waals surface area (Å²) in [5.41, 5.74) is 2.45. The highest BCUT2D eigenvalue weighted by Crippen LogP contribution is 2.40. The standard InChI is InChI=1S/C20H17F3N4O3/c1-10-16-14(8-15(11-2-3-11)26-19(16)30-27-10)18(29)25-13-6-4-12(5-7-13)17(28)24-9-20(21,22)23/h4-8,11H,2-3,9H2,1H3,(H,24,28)(H,25,29). The van der Waals surface area contributed by atoms with Gasteiger partial charge in [0.2, 0.25) is 0 Å². The van der Waals surface area contributed by atoms with E-state index in [4.69, 9.17) is 4.52 Å². The minimum Gasteiger partial charge on any atom is -0.343 e. The molecule has 1 aliphatic carbocycles. The molecule has 0 bridgehead atoms. The molecule has 0 saturated heterocycles. The molecular weight excluding hydrogens is 401 g/mol. The number of alkyl halides is 3. The number of amides is 2. The van der Waals surface area contributed by atoms with E-state index in [-0.39, 0.29) is 5.56 Å². The van der Waals surface area contributed by atoms with Gasteiger partial charge in [-0.25, -0.2) is 4.98 Å². The van der Waals surface area contributed by atoms with Gasteiger partial charge < -0.3 is 15.2 Å². The number of hydrogen-bond donors (Lipinski definition) is 2. The van der Waals surface area contributed by atoms with Crippen LogP contribution in [0.3, 0.4) is 0 Å². The first-order valence-electron chi connectivity index (χ1n) is 9.24. The fourth-order valence-corrected chi connectivity index (χ4v) is 3.07. The SMILES string of the molecule is Cc1noc2nc(C3CC3)cc(C(=O)Nc3ccc(C(=O)NCC(F)(F)F)cc3)c12. The summed E-state index contributed by atoms with van der Waals surface area (Å²) in [7, 11) is 0. The van der Waals surface area contributed by atoms with Crippen molar-refractivity contribution in [2.75, 3.05) is 11.9 Å². The predicted molar refractivity (Wildman–Crippen MR) is 101 cm³/mol. The summed E-state index contributed by atoms with van der Waals surface area (Å²) in [5, 5.41) is 8.94. The predicted octanol–water partition coefficient (Wildman–Crippen LogP) is 3.95. The lowest BCUT2D eigenvalue weighted by molar-refractivity contribution is -0.123. The summed E-state index contributed by atoms with van der Waals surface area (Å²) >= 11 is 0. The average Bonchev–Trinajstić information content (AvgIpc) is 3.49. The number of nitrogens with one attached hydrogen (secondary N) is 2. The van der Waals surface area contributed by atoms with Crippen molar-refractivity contribution in [2.24, 2.45) is 0 Å². The molecule has 0 atom stereocenters. The van der Waals surface area contributed by atoms with Crippen LogP contribution in [0.2, 0.25) is 0 Å². The van der Waals surface area contributed by atoms with Crippen LogP contribution in [0.4, 0.5) is 18.9 Å². The van der Waals surface area contributed by atoms with Crippen molar-refractivity contribution in [3.63, 3.8) is 0 Å². The van der Waals surface area contributed by atoms with Gasteiger partial charge in [-0.05, 0) is 50.1 Å². The summed E-state index contributed by atoms with van der Waals surface area (Å²) < 4.78 is 41.9. The first kappa shape index (κ1) is 19.9. The van der Waals surface area contributed by atoms with Crippen molar-refractivity contribution in [1.82, 2.24) is 15.5 Å². The number of benzene rings is 1. The summed E-state index contributed by atoms with van der Waals surface area (Å²) in [5.74, 6) is -0.944. The lowest BCUT2D eigenvalue weighted by atomic mass is 10.1. The minimum atomic E-state index is -4.49. The van der Waals surface area contributed by atoms with Crippen molar-refractivity contribution in [3.05, 3.63) is 52.8 Å². The normalized spacial score (nSPS) is 14.0. The van der Waals surface area contributed by atoms with Crippen LogP contribution in [0.5, 0.6) is 0 Å². The van der Waals surface area contributed by atoms with Crippen LogP contribution in [0.25, 0.3) is 11.1 Å². The number of halogens is 3.